The molecule has 1 fully saturated rings. The van der Waals surface area contributed by atoms with E-state index in [1.54, 1.807) is 0 Å². The fourth-order valence-corrected chi connectivity index (χ4v) is 5.27. The summed E-state index contributed by atoms with van der Waals surface area (Å²) >= 11 is 6.13. The number of aliphatic hydroxyl groups is 2. The van der Waals surface area contributed by atoms with Crippen molar-refractivity contribution in [2.24, 2.45) is 5.73 Å². The molecule has 2 aliphatic rings. The first-order valence-corrected chi connectivity index (χ1v) is 14.2. The maximum absolute atomic E-state index is 13.1. The van der Waals surface area contributed by atoms with Gasteiger partial charge in [0.05, 0.1) is 19.3 Å². The number of likely N-dealkylation sites (tertiary alicyclic amines) is 1. The van der Waals surface area contributed by atoms with Gasteiger partial charge in [0.25, 0.3) is 5.91 Å². The number of phenolic OH excluding ortho intramolecular Hbond substituents is 1. The Morgan fingerprint density at radius 1 is 1.14 bits per heavy atom. The zero-order valence-electron chi connectivity index (χ0n) is 23.7. The predicted molar refractivity (Wildman–Crippen MR) is 153 cm³/mol. The van der Waals surface area contributed by atoms with E-state index in [9.17, 15) is 24.6 Å². The summed E-state index contributed by atoms with van der Waals surface area (Å²) < 4.78 is 21.6. The van der Waals surface area contributed by atoms with Crippen LogP contribution in [0.4, 0.5) is 0 Å². The van der Waals surface area contributed by atoms with Gasteiger partial charge < -0.3 is 50.2 Å². The number of hydrogen-bond donors (Lipinski definition) is 5. The monoisotopic (exact) mass is 621 g/mol. The van der Waals surface area contributed by atoms with Crippen molar-refractivity contribution < 1.29 is 48.7 Å². The van der Waals surface area contributed by atoms with Gasteiger partial charge >= 0.3 is 11.9 Å². The molecule has 2 aromatic rings. The number of nitrogens with zero attached hydrogens (tertiary/aromatic N) is 1. The number of methoxy groups -OCH3 is 1. The first-order chi connectivity index (χ1) is 20.5. The van der Waals surface area contributed by atoms with Crippen molar-refractivity contribution in [3.8, 4) is 17.2 Å². The average molecular weight is 622 g/mol. The molecule has 2 heterocycles. The molecule has 1 amide bonds. The number of fused-ring (bicyclic) bond motifs is 1. The van der Waals surface area contributed by atoms with Gasteiger partial charge in [-0.3, -0.25) is 9.59 Å². The molecule has 234 valence electrons. The standard InChI is InChI=1S/C29H36ClN3O10/c1-40-28(39)23(16-42-27(38)22(31)14-34)32-26(37)21-4-3-19(35)11-25(21)41-15-20(36)13-33-8-6-29(7-9-33)12-17-10-18(30)2-5-24(17)43-29/h2-5,10-11,20,22-23,34-36H,6-9,12-16,31H2,1H3,(H,32,37)/t20-,22-,23-/m0/s1. The van der Waals surface area contributed by atoms with Crippen LogP contribution in [-0.4, -0.2) is 108 Å². The molecule has 6 N–H and O–H groups in total. The lowest BCUT2D eigenvalue weighted by Crippen LogP contribution is -2.49. The normalized spacial score (nSPS) is 17.7. The lowest BCUT2D eigenvalue weighted by Gasteiger charge is -2.39. The molecule has 0 saturated carbocycles. The molecular weight excluding hydrogens is 586 g/mol. The minimum Gasteiger partial charge on any atom is -0.508 e. The largest absolute Gasteiger partial charge is 0.508 e. The van der Waals surface area contributed by atoms with Crippen molar-refractivity contribution >= 4 is 29.4 Å². The molecule has 43 heavy (non-hydrogen) atoms. The van der Waals surface area contributed by atoms with Gasteiger partial charge in [0.2, 0.25) is 0 Å². The highest BCUT2D eigenvalue weighted by molar-refractivity contribution is 6.30. The highest BCUT2D eigenvalue weighted by atomic mass is 35.5. The number of piperidine rings is 1. The number of amides is 1. The average Bonchev–Trinajstić information content (AvgIpc) is 3.34. The summed E-state index contributed by atoms with van der Waals surface area (Å²) in [5.74, 6) is -2.01. The van der Waals surface area contributed by atoms with Crippen molar-refractivity contribution in [2.45, 2.75) is 43.1 Å². The van der Waals surface area contributed by atoms with Gasteiger partial charge in [-0.1, -0.05) is 11.6 Å². The van der Waals surface area contributed by atoms with Crippen LogP contribution in [0.25, 0.3) is 0 Å². The van der Waals surface area contributed by atoms with Crippen LogP contribution in [-0.2, 0) is 25.5 Å². The van der Waals surface area contributed by atoms with Gasteiger partial charge in [0, 0.05) is 50.0 Å². The summed E-state index contributed by atoms with van der Waals surface area (Å²) in [7, 11) is 1.09. The molecule has 1 saturated heterocycles. The first kappa shape index (κ1) is 32.3. The molecule has 0 aromatic heterocycles. The Morgan fingerprint density at radius 2 is 1.88 bits per heavy atom. The molecule has 2 aromatic carbocycles. The van der Waals surface area contributed by atoms with Crippen molar-refractivity contribution in [1.82, 2.24) is 10.2 Å². The minimum absolute atomic E-state index is 0.0344. The molecule has 2 aliphatic heterocycles. The number of β-amino-alcohol motifs (C(OH)–C–C–N with tert-alkyl or cyclic N) is 1. The Morgan fingerprint density at radius 3 is 2.58 bits per heavy atom. The predicted octanol–water partition coefficient (Wildman–Crippen LogP) is 0.389. The van der Waals surface area contributed by atoms with E-state index in [0.717, 1.165) is 37.7 Å². The summed E-state index contributed by atoms with van der Waals surface area (Å²) in [6.07, 6.45) is 1.45. The molecule has 3 atom stereocenters. The van der Waals surface area contributed by atoms with E-state index < -0.39 is 49.2 Å². The van der Waals surface area contributed by atoms with Gasteiger partial charge in [-0.05, 0) is 35.9 Å². The van der Waals surface area contributed by atoms with Crippen LogP contribution >= 0.6 is 11.6 Å². The lowest BCUT2D eigenvalue weighted by atomic mass is 9.87. The van der Waals surface area contributed by atoms with Crippen LogP contribution in [0.5, 0.6) is 17.2 Å². The van der Waals surface area contributed by atoms with Gasteiger partial charge in [-0.2, -0.15) is 0 Å². The van der Waals surface area contributed by atoms with Crippen molar-refractivity contribution in [3.63, 3.8) is 0 Å². The smallest absolute Gasteiger partial charge is 0.331 e. The van der Waals surface area contributed by atoms with Crippen molar-refractivity contribution in [3.05, 3.63) is 52.5 Å². The number of carbonyl (C=O) groups excluding carboxylic acids is 3. The topological polar surface area (TPSA) is 190 Å². The van der Waals surface area contributed by atoms with Gasteiger partial charge in [0.1, 0.15) is 48.2 Å². The number of nitrogens with two attached hydrogens (primary N) is 1. The number of phenols is 1. The molecule has 0 aliphatic carbocycles. The Balaban J connectivity index is 1.30. The third-order valence-corrected chi connectivity index (χ3v) is 7.66. The van der Waals surface area contributed by atoms with E-state index >= 15 is 0 Å². The summed E-state index contributed by atoms with van der Waals surface area (Å²) in [5.41, 5.74) is 6.18. The zero-order valence-corrected chi connectivity index (χ0v) is 24.4. The van der Waals surface area contributed by atoms with Crippen LogP contribution in [0.15, 0.2) is 36.4 Å². The molecule has 14 heteroatoms. The van der Waals surface area contributed by atoms with Crippen LogP contribution in [0.2, 0.25) is 5.02 Å². The lowest BCUT2D eigenvalue weighted by molar-refractivity contribution is -0.151. The van der Waals surface area contributed by atoms with E-state index in [0.29, 0.717) is 24.7 Å². The molecule has 13 nitrogen and oxygen atoms in total. The number of aromatic hydroxyl groups is 1. The number of carbonyl (C=O) groups is 3. The Hall–Kier alpha value is -3.62. The fourth-order valence-electron chi connectivity index (χ4n) is 5.07. The number of esters is 2. The van der Waals surface area contributed by atoms with Crippen LogP contribution in [0.1, 0.15) is 28.8 Å². The number of hydrogen-bond acceptors (Lipinski definition) is 12. The van der Waals surface area contributed by atoms with E-state index in [1.165, 1.54) is 18.2 Å². The Labute approximate surface area is 253 Å². The van der Waals surface area contributed by atoms with E-state index in [-0.39, 0.29) is 29.3 Å². The number of aliphatic hydroxyl groups excluding tert-OH is 2. The van der Waals surface area contributed by atoms with Crippen molar-refractivity contribution in [2.75, 3.05) is 46.6 Å². The van der Waals surface area contributed by atoms with E-state index in [4.69, 9.17) is 36.7 Å². The SMILES string of the molecule is COC(=O)[C@H](COC(=O)[C@@H](N)CO)NC(=O)c1ccc(O)cc1OC[C@@H](O)CN1CCC2(CC1)Cc1cc(Cl)ccc1O2. The molecule has 0 bridgehead atoms. The second-order valence-electron chi connectivity index (χ2n) is 10.6. The van der Waals surface area contributed by atoms with Crippen LogP contribution in [0, 0.1) is 0 Å². The molecule has 0 unspecified atom stereocenters. The Bertz CT molecular complexity index is 1320. The maximum Gasteiger partial charge on any atom is 0.331 e. The van der Waals surface area contributed by atoms with Gasteiger partial charge in [-0.15, -0.1) is 0 Å². The summed E-state index contributed by atoms with van der Waals surface area (Å²) in [5, 5.41) is 32.8. The summed E-state index contributed by atoms with van der Waals surface area (Å²) in [6.45, 7) is 0.303. The number of halogens is 1. The molecule has 4 rings (SSSR count). The van der Waals surface area contributed by atoms with Gasteiger partial charge in [0.15, 0.2) is 6.04 Å². The second kappa shape index (κ2) is 14.2. The summed E-state index contributed by atoms with van der Waals surface area (Å²) in [4.78, 5) is 39.2. The third-order valence-electron chi connectivity index (χ3n) is 7.42. The second-order valence-corrected chi connectivity index (χ2v) is 11.1. The Kier molecular flexibility index (Phi) is 10.7. The molecule has 1 spiro atoms. The van der Waals surface area contributed by atoms with Gasteiger partial charge in [-0.25, -0.2) is 4.79 Å². The van der Waals surface area contributed by atoms with Crippen molar-refractivity contribution in [1.29, 1.82) is 0 Å². The molecule has 0 radical (unpaired) electrons. The quantitative estimate of drug-likeness (QED) is 0.205. The molecular formula is C29H36ClN3O10. The summed E-state index contributed by atoms with van der Waals surface area (Å²) in [6, 6.07) is 6.70. The maximum atomic E-state index is 13.1. The highest BCUT2D eigenvalue weighted by Gasteiger charge is 2.42. The van der Waals surface area contributed by atoms with Crippen LogP contribution in [0.3, 0.4) is 0 Å². The number of benzene rings is 2. The third kappa shape index (κ3) is 8.27. The zero-order chi connectivity index (χ0) is 31.1. The minimum atomic E-state index is -1.39. The number of rotatable bonds is 12. The number of ether oxygens (including phenoxy) is 4. The number of nitrogens with one attached hydrogen (secondary N) is 1. The van der Waals surface area contributed by atoms with Crippen LogP contribution < -0.4 is 20.5 Å². The fraction of sp³-hybridized carbons (Fsp3) is 0.483. The van der Waals surface area contributed by atoms with E-state index in [1.807, 2.05) is 18.2 Å². The highest BCUT2D eigenvalue weighted by Crippen LogP contribution is 2.42. The van der Waals surface area contributed by atoms with E-state index in [2.05, 4.69) is 15.0 Å². The first-order valence-electron chi connectivity index (χ1n) is 13.8.